The van der Waals surface area contributed by atoms with Crippen molar-refractivity contribution in [3.05, 3.63) is 58.6 Å². The van der Waals surface area contributed by atoms with Gasteiger partial charge in [0, 0.05) is 31.3 Å². The highest BCUT2D eigenvalue weighted by Gasteiger charge is 2.15. The fourth-order valence-electron chi connectivity index (χ4n) is 2.45. The lowest BCUT2D eigenvalue weighted by Crippen LogP contribution is -2.35. The van der Waals surface area contributed by atoms with Gasteiger partial charge in [0.2, 0.25) is 0 Å². The quantitative estimate of drug-likeness (QED) is 0.444. The maximum Gasteiger partial charge on any atom is 0.322 e. The van der Waals surface area contributed by atoms with Crippen molar-refractivity contribution in [1.82, 2.24) is 4.90 Å². The molecule has 0 spiro atoms. The SMILES string of the molecule is COCCCN(Cc1ccc(OS(C)(=O)=O)cc1)C(=O)Nc1ccccc1Br. The number of nitrogens with one attached hydrogen (secondary N) is 1. The van der Waals surface area contributed by atoms with Gasteiger partial charge < -0.3 is 19.1 Å². The van der Waals surface area contributed by atoms with Gasteiger partial charge in [0.15, 0.2) is 0 Å². The zero-order valence-corrected chi connectivity index (χ0v) is 18.1. The Balaban J connectivity index is 2.09. The molecule has 2 aromatic carbocycles. The van der Waals surface area contributed by atoms with Crippen LogP contribution in [-0.2, 0) is 21.4 Å². The number of ether oxygens (including phenoxy) is 1. The second-order valence-electron chi connectivity index (χ2n) is 6.11. The predicted molar refractivity (Wildman–Crippen MR) is 112 cm³/mol. The van der Waals surface area contributed by atoms with Crippen LogP contribution in [0.15, 0.2) is 53.0 Å². The van der Waals surface area contributed by atoms with Gasteiger partial charge >= 0.3 is 16.1 Å². The Hall–Kier alpha value is -2.10. The number of hydrogen-bond donors (Lipinski definition) is 1. The van der Waals surface area contributed by atoms with Crippen LogP contribution in [0.25, 0.3) is 0 Å². The molecule has 28 heavy (non-hydrogen) atoms. The normalized spacial score (nSPS) is 11.1. The van der Waals surface area contributed by atoms with E-state index in [2.05, 4.69) is 21.2 Å². The van der Waals surface area contributed by atoms with Gasteiger partial charge in [-0.2, -0.15) is 8.42 Å². The third-order valence-electron chi connectivity index (χ3n) is 3.72. The number of nitrogens with zero attached hydrogens (tertiary/aromatic N) is 1. The molecule has 2 amide bonds. The van der Waals surface area contributed by atoms with Crippen LogP contribution in [-0.4, -0.2) is 45.9 Å². The molecule has 0 saturated carbocycles. The monoisotopic (exact) mass is 470 g/mol. The van der Waals surface area contributed by atoms with Crippen molar-refractivity contribution in [3.63, 3.8) is 0 Å². The van der Waals surface area contributed by atoms with Gasteiger partial charge in [-0.05, 0) is 52.2 Å². The lowest BCUT2D eigenvalue weighted by atomic mass is 10.2. The molecular weight excluding hydrogens is 448 g/mol. The minimum atomic E-state index is -3.57. The molecule has 7 nitrogen and oxygen atoms in total. The second kappa shape index (κ2) is 10.4. The molecule has 0 aromatic heterocycles. The number of carbonyl (C=O) groups excluding carboxylic acids is 1. The van der Waals surface area contributed by atoms with Crippen molar-refractivity contribution in [2.75, 3.05) is 31.8 Å². The van der Waals surface area contributed by atoms with Gasteiger partial charge in [-0.3, -0.25) is 0 Å². The summed E-state index contributed by atoms with van der Waals surface area (Å²) in [5, 5.41) is 2.90. The summed E-state index contributed by atoms with van der Waals surface area (Å²) in [6, 6.07) is 13.7. The number of urea groups is 1. The first-order valence-corrected chi connectivity index (χ1v) is 11.2. The standard InChI is InChI=1S/C19H23BrN2O5S/c1-26-13-5-12-22(19(23)21-18-7-4-3-6-17(18)20)14-15-8-10-16(11-9-15)27-28(2,24)25/h3-4,6-11H,5,12-14H2,1-2H3,(H,21,23). The summed E-state index contributed by atoms with van der Waals surface area (Å²) in [5.41, 5.74) is 1.53. The first-order valence-electron chi connectivity index (χ1n) is 8.56. The van der Waals surface area contributed by atoms with Gasteiger partial charge in [-0.25, -0.2) is 4.79 Å². The Morgan fingerprint density at radius 2 is 1.82 bits per heavy atom. The molecule has 0 radical (unpaired) electrons. The molecule has 0 fully saturated rings. The molecule has 0 aliphatic heterocycles. The lowest BCUT2D eigenvalue weighted by Gasteiger charge is -2.23. The van der Waals surface area contributed by atoms with E-state index in [0.29, 0.717) is 31.8 Å². The summed E-state index contributed by atoms with van der Waals surface area (Å²) in [7, 11) is -1.96. The molecule has 2 aromatic rings. The van der Waals surface area contributed by atoms with Crippen LogP contribution in [0.5, 0.6) is 5.75 Å². The fourth-order valence-corrected chi connectivity index (χ4v) is 3.30. The van der Waals surface area contributed by atoms with E-state index in [1.54, 1.807) is 36.3 Å². The van der Waals surface area contributed by atoms with Gasteiger partial charge in [0.05, 0.1) is 11.9 Å². The third-order valence-corrected chi connectivity index (χ3v) is 4.91. The molecular formula is C19H23BrN2O5S. The van der Waals surface area contributed by atoms with Crippen LogP contribution in [0.1, 0.15) is 12.0 Å². The van der Waals surface area contributed by atoms with Crippen molar-refractivity contribution in [3.8, 4) is 5.75 Å². The first-order chi connectivity index (χ1) is 13.3. The molecule has 9 heteroatoms. The topological polar surface area (TPSA) is 84.9 Å². The highest BCUT2D eigenvalue weighted by Crippen LogP contribution is 2.22. The second-order valence-corrected chi connectivity index (χ2v) is 8.54. The predicted octanol–water partition coefficient (Wildman–Crippen LogP) is 3.86. The number of carbonyl (C=O) groups is 1. The zero-order chi connectivity index (χ0) is 20.6. The number of para-hydroxylation sites is 1. The van der Waals surface area contributed by atoms with E-state index in [4.69, 9.17) is 8.92 Å². The maximum absolute atomic E-state index is 12.8. The molecule has 152 valence electrons. The Kier molecular flexibility index (Phi) is 8.28. The van der Waals surface area contributed by atoms with Gasteiger partial charge in [-0.15, -0.1) is 0 Å². The summed E-state index contributed by atoms with van der Waals surface area (Å²) in [4.78, 5) is 14.4. The average Bonchev–Trinajstić information content (AvgIpc) is 2.63. The summed E-state index contributed by atoms with van der Waals surface area (Å²) >= 11 is 3.42. The molecule has 0 atom stereocenters. The van der Waals surface area contributed by atoms with Gasteiger partial charge in [-0.1, -0.05) is 24.3 Å². The van der Waals surface area contributed by atoms with Crippen LogP contribution in [0.2, 0.25) is 0 Å². The number of halogens is 1. The summed E-state index contributed by atoms with van der Waals surface area (Å²) in [6.07, 6.45) is 1.68. The molecule has 0 aliphatic rings. The van der Waals surface area contributed by atoms with E-state index in [0.717, 1.165) is 16.3 Å². The highest BCUT2D eigenvalue weighted by molar-refractivity contribution is 9.10. The summed E-state index contributed by atoms with van der Waals surface area (Å²) in [5.74, 6) is 0.231. The first kappa shape index (κ1) is 22.2. The maximum atomic E-state index is 12.8. The van der Waals surface area contributed by atoms with Crippen LogP contribution in [0, 0.1) is 0 Å². The molecule has 0 unspecified atom stereocenters. The van der Waals surface area contributed by atoms with E-state index in [1.807, 2.05) is 24.3 Å². The van der Waals surface area contributed by atoms with Crippen molar-refractivity contribution in [1.29, 1.82) is 0 Å². The van der Waals surface area contributed by atoms with Crippen molar-refractivity contribution in [2.45, 2.75) is 13.0 Å². The largest absolute Gasteiger partial charge is 0.385 e. The lowest BCUT2D eigenvalue weighted by molar-refractivity contribution is 0.171. The van der Waals surface area contributed by atoms with Crippen molar-refractivity contribution < 1.29 is 22.1 Å². The molecule has 2 rings (SSSR count). The average molecular weight is 471 g/mol. The van der Waals surface area contributed by atoms with Crippen molar-refractivity contribution >= 4 is 37.8 Å². The molecule has 1 N–H and O–H groups in total. The Labute approximate surface area is 173 Å². The summed E-state index contributed by atoms with van der Waals surface area (Å²) in [6.45, 7) is 1.41. The van der Waals surface area contributed by atoms with Crippen LogP contribution in [0.3, 0.4) is 0 Å². The molecule has 0 heterocycles. The van der Waals surface area contributed by atoms with E-state index < -0.39 is 10.1 Å². The minimum absolute atomic E-state index is 0.231. The number of anilines is 1. The molecule has 0 aliphatic carbocycles. The van der Waals surface area contributed by atoms with Crippen LogP contribution >= 0.6 is 15.9 Å². The zero-order valence-electron chi connectivity index (χ0n) is 15.7. The Morgan fingerprint density at radius 3 is 2.43 bits per heavy atom. The minimum Gasteiger partial charge on any atom is -0.385 e. The smallest absolute Gasteiger partial charge is 0.322 e. The van der Waals surface area contributed by atoms with Gasteiger partial charge in [0.1, 0.15) is 5.75 Å². The fraction of sp³-hybridized carbons (Fsp3) is 0.316. The highest BCUT2D eigenvalue weighted by atomic mass is 79.9. The Bertz CT molecular complexity index is 887. The van der Waals surface area contributed by atoms with Crippen molar-refractivity contribution in [2.24, 2.45) is 0 Å². The molecule has 0 saturated heterocycles. The number of benzene rings is 2. The van der Waals surface area contributed by atoms with E-state index >= 15 is 0 Å². The summed E-state index contributed by atoms with van der Waals surface area (Å²) < 4.78 is 33.1. The number of rotatable bonds is 9. The van der Waals surface area contributed by atoms with E-state index in [9.17, 15) is 13.2 Å². The molecule has 0 bridgehead atoms. The van der Waals surface area contributed by atoms with Gasteiger partial charge in [0.25, 0.3) is 0 Å². The van der Waals surface area contributed by atoms with Crippen LogP contribution < -0.4 is 9.50 Å². The number of amides is 2. The van der Waals surface area contributed by atoms with Crippen LogP contribution in [0.4, 0.5) is 10.5 Å². The van der Waals surface area contributed by atoms with E-state index in [1.165, 1.54) is 0 Å². The number of hydrogen-bond acceptors (Lipinski definition) is 5. The van der Waals surface area contributed by atoms with E-state index in [-0.39, 0.29) is 11.8 Å². The number of methoxy groups -OCH3 is 1. The Morgan fingerprint density at radius 1 is 1.14 bits per heavy atom. The third kappa shape index (κ3) is 7.49.